The number of nitrogens with one attached hydrogen (secondary N) is 2. The first kappa shape index (κ1) is 15.0. The Labute approximate surface area is 127 Å². The van der Waals surface area contributed by atoms with Gasteiger partial charge in [0.05, 0.1) is 4.90 Å². The summed E-state index contributed by atoms with van der Waals surface area (Å²) in [6.45, 7) is 0.407. The van der Waals surface area contributed by atoms with Crippen molar-refractivity contribution < 1.29 is 8.42 Å². The topological polar surface area (TPSA) is 58.2 Å². The molecular formula is C14H15BrN2O2S. The average Bonchev–Trinajstić information content (AvgIpc) is 2.40. The number of hydrogen-bond acceptors (Lipinski definition) is 4. The second-order valence-electron chi connectivity index (χ2n) is 4.37. The van der Waals surface area contributed by atoms with Crippen molar-refractivity contribution >= 4 is 31.5 Å². The van der Waals surface area contributed by atoms with E-state index in [1.165, 1.54) is 6.26 Å². The molecule has 2 N–H and O–H groups in total. The van der Waals surface area contributed by atoms with E-state index in [4.69, 9.17) is 0 Å². The van der Waals surface area contributed by atoms with E-state index in [0.717, 1.165) is 15.7 Å². The zero-order valence-corrected chi connectivity index (χ0v) is 13.3. The van der Waals surface area contributed by atoms with Crippen molar-refractivity contribution in [2.75, 3.05) is 11.7 Å². The number of halogens is 1. The van der Waals surface area contributed by atoms with E-state index in [1.54, 1.807) is 12.1 Å². The summed E-state index contributed by atoms with van der Waals surface area (Å²) < 4.78 is 24.3. The number of hydrazine groups is 1. The van der Waals surface area contributed by atoms with E-state index in [1.807, 2.05) is 36.4 Å². The molecule has 4 nitrogen and oxygen atoms in total. The summed E-state index contributed by atoms with van der Waals surface area (Å²) in [7, 11) is -3.25. The van der Waals surface area contributed by atoms with E-state index in [-0.39, 0.29) is 0 Å². The molecule has 0 saturated carbocycles. The number of hydrogen-bond donors (Lipinski definition) is 2. The second kappa shape index (κ2) is 6.39. The molecule has 106 valence electrons. The van der Waals surface area contributed by atoms with E-state index in [0.29, 0.717) is 11.4 Å². The maximum absolute atomic E-state index is 11.8. The third kappa shape index (κ3) is 4.06. The summed E-state index contributed by atoms with van der Waals surface area (Å²) in [6, 6.07) is 14.9. The molecule has 20 heavy (non-hydrogen) atoms. The van der Waals surface area contributed by atoms with Crippen molar-refractivity contribution in [3.8, 4) is 0 Å². The molecule has 2 aromatic carbocycles. The van der Waals surface area contributed by atoms with Crippen molar-refractivity contribution in [3.05, 3.63) is 58.6 Å². The lowest BCUT2D eigenvalue weighted by Gasteiger charge is -2.11. The predicted molar refractivity (Wildman–Crippen MR) is 84.2 cm³/mol. The first-order valence-electron chi connectivity index (χ1n) is 5.99. The zero-order chi connectivity index (χ0) is 14.6. The molecule has 0 aliphatic rings. The van der Waals surface area contributed by atoms with Crippen LogP contribution in [0.1, 0.15) is 5.56 Å². The molecule has 0 radical (unpaired) electrons. The Hall–Kier alpha value is -1.37. The van der Waals surface area contributed by atoms with Crippen molar-refractivity contribution in [2.45, 2.75) is 11.4 Å². The molecule has 0 aliphatic heterocycles. The monoisotopic (exact) mass is 354 g/mol. The molecule has 0 fully saturated rings. The SMILES string of the molecule is CS(=O)(=O)c1cc(Br)ccc1CNNc1ccccc1. The first-order chi connectivity index (χ1) is 9.47. The summed E-state index contributed by atoms with van der Waals surface area (Å²) in [5, 5.41) is 0. The number of para-hydroxylation sites is 1. The van der Waals surface area contributed by atoms with Crippen LogP contribution in [0.3, 0.4) is 0 Å². The molecule has 2 rings (SSSR count). The van der Waals surface area contributed by atoms with Crippen molar-refractivity contribution in [2.24, 2.45) is 0 Å². The fraction of sp³-hybridized carbons (Fsp3) is 0.143. The summed E-state index contributed by atoms with van der Waals surface area (Å²) in [4.78, 5) is 0.328. The predicted octanol–water partition coefficient (Wildman–Crippen LogP) is 2.97. The van der Waals surface area contributed by atoms with Gasteiger partial charge < -0.3 is 5.43 Å². The van der Waals surface area contributed by atoms with Gasteiger partial charge in [0.15, 0.2) is 9.84 Å². The van der Waals surface area contributed by atoms with E-state index < -0.39 is 9.84 Å². The summed E-state index contributed by atoms with van der Waals surface area (Å²) >= 11 is 3.29. The maximum atomic E-state index is 11.8. The molecule has 0 spiro atoms. The van der Waals surface area contributed by atoms with Gasteiger partial charge in [-0.25, -0.2) is 13.8 Å². The van der Waals surface area contributed by atoms with Crippen LogP contribution in [-0.4, -0.2) is 14.7 Å². The Morgan fingerprint density at radius 2 is 1.80 bits per heavy atom. The Kier molecular flexibility index (Phi) is 4.80. The van der Waals surface area contributed by atoms with Crippen molar-refractivity contribution in [1.82, 2.24) is 5.43 Å². The lowest BCUT2D eigenvalue weighted by molar-refractivity contribution is 0.600. The smallest absolute Gasteiger partial charge is 0.175 e. The molecule has 0 amide bonds. The molecular weight excluding hydrogens is 340 g/mol. The van der Waals surface area contributed by atoms with Gasteiger partial charge in [-0.15, -0.1) is 0 Å². The maximum Gasteiger partial charge on any atom is 0.175 e. The third-order valence-corrected chi connectivity index (χ3v) is 4.39. The van der Waals surface area contributed by atoms with Crippen LogP contribution in [0.25, 0.3) is 0 Å². The lowest BCUT2D eigenvalue weighted by Crippen LogP contribution is -2.22. The molecule has 0 bridgehead atoms. The quantitative estimate of drug-likeness (QED) is 0.810. The summed E-state index contributed by atoms with van der Waals surface area (Å²) in [5.74, 6) is 0. The minimum atomic E-state index is -3.25. The van der Waals surface area contributed by atoms with E-state index in [2.05, 4.69) is 26.8 Å². The number of rotatable bonds is 5. The van der Waals surface area contributed by atoms with Gasteiger partial charge in [0, 0.05) is 23.0 Å². The van der Waals surface area contributed by atoms with Gasteiger partial charge in [-0.3, -0.25) is 0 Å². The van der Waals surface area contributed by atoms with Crippen molar-refractivity contribution in [3.63, 3.8) is 0 Å². The molecule has 0 unspecified atom stereocenters. The van der Waals surface area contributed by atoms with Gasteiger partial charge in [-0.1, -0.05) is 40.2 Å². The van der Waals surface area contributed by atoms with Crippen LogP contribution in [-0.2, 0) is 16.4 Å². The normalized spacial score (nSPS) is 11.3. The highest BCUT2D eigenvalue weighted by atomic mass is 79.9. The van der Waals surface area contributed by atoms with Crippen LogP contribution in [0.2, 0.25) is 0 Å². The summed E-state index contributed by atoms with van der Waals surface area (Å²) in [6.07, 6.45) is 1.21. The highest BCUT2D eigenvalue weighted by molar-refractivity contribution is 9.10. The molecule has 0 saturated heterocycles. The molecule has 0 heterocycles. The number of benzene rings is 2. The lowest BCUT2D eigenvalue weighted by atomic mass is 10.2. The van der Waals surface area contributed by atoms with Crippen LogP contribution in [0.4, 0.5) is 5.69 Å². The highest BCUT2D eigenvalue weighted by Gasteiger charge is 2.13. The van der Waals surface area contributed by atoms with Crippen LogP contribution in [0.5, 0.6) is 0 Å². The Bertz CT molecular complexity index is 688. The van der Waals surface area contributed by atoms with Gasteiger partial charge in [-0.2, -0.15) is 0 Å². The average molecular weight is 355 g/mol. The second-order valence-corrected chi connectivity index (χ2v) is 7.27. The molecule has 0 aromatic heterocycles. The van der Waals surface area contributed by atoms with Gasteiger partial charge in [-0.05, 0) is 29.8 Å². The number of anilines is 1. The van der Waals surface area contributed by atoms with E-state index in [9.17, 15) is 8.42 Å². The molecule has 2 aromatic rings. The van der Waals surface area contributed by atoms with Crippen LogP contribution < -0.4 is 10.9 Å². The Balaban J connectivity index is 2.10. The largest absolute Gasteiger partial charge is 0.321 e. The fourth-order valence-electron chi connectivity index (χ4n) is 1.78. The Morgan fingerprint density at radius 1 is 1.10 bits per heavy atom. The minimum absolute atomic E-state index is 0.328. The van der Waals surface area contributed by atoms with Crippen LogP contribution in [0, 0.1) is 0 Å². The standard InChI is InChI=1S/C14H15BrN2O2S/c1-20(18,19)14-9-12(15)8-7-11(14)10-16-17-13-5-3-2-4-6-13/h2-9,16-17H,10H2,1H3. The van der Waals surface area contributed by atoms with Crippen LogP contribution >= 0.6 is 15.9 Å². The first-order valence-corrected chi connectivity index (χ1v) is 8.67. The van der Waals surface area contributed by atoms with Crippen molar-refractivity contribution in [1.29, 1.82) is 0 Å². The van der Waals surface area contributed by atoms with Gasteiger partial charge >= 0.3 is 0 Å². The summed E-state index contributed by atoms with van der Waals surface area (Å²) in [5.41, 5.74) is 7.69. The van der Waals surface area contributed by atoms with E-state index >= 15 is 0 Å². The zero-order valence-electron chi connectivity index (χ0n) is 10.9. The third-order valence-electron chi connectivity index (χ3n) is 2.71. The number of sulfone groups is 1. The van der Waals surface area contributed by atoms with Gasteiger partial charge in [0.2, 0.25) is 0 Å². The van der Waals surface area contributed by atoms with Gasteiger partial charge in [0.1, 0.15) is 0 Å². The minimum Gasteiger partial charge on any atom is -0.321 e. The molecule has 0 aliphatic carbocycles. The van der Waals surface area contributed by atoms with Gasteiger partial charge in [0.25, 0.3) is 0 Å². The highest BCUT2D eigenvalue weighted by Crippen LogP contribution is 2.21. The Morgan fingerprint density at radius 3 is 2.45 bits per heavy atom. The van der Waals surface area contributed by atoms with Crippen LogP contribution in [0.15, 0.2) is 57.9 Å². The molecule has 6 heteroatoms. The molecule has 0 atom stereocenters. The fourth-order valence-corrected chi connectivity index (χ4v) is 3.25.